The second-order valence-electron chi connectivity index (χ2n) is 6.35. The van der Waals surface area contributed by atoms with Crippen LogP contribution in [0.4, 0.5) is 5.69 Å². The molecule has 0 saturated heterocycles. The number of nitrogens with two attached hydrogens (primary N) is 1. The monoisotopic (exact) mass is 304 g/mol. The second-order valence-corrected chi connectivity index (χ2v) is 7.35. The van der Waals surface area contributed by atoms with Gasteiger partial charge in [0.15, 0.2) is 0 Å². The lowest BCUT2D eigenvalue weighted by atomic mass is 9.76. The Morgan fingerprint density at radius 3 is 3.00 bits per heavy atom. The SMILES string of the molecule is CCOC(=O)c1sc2nc3c(cc2c1N)CC(C)(C)CC3. The molecule has 1 aliphatic rings. The van der Waals surface area contributed by atoms with E-state index >= 15 is 0 Å². The lowest BCUT2D eigenvalue weighted by Gasteiger charge is -2.30. The lowest BCUT2D eigenvalue weighted by molar-refractivity contribution is 0.0533. The number of fused-ring (bicyclic) bond motifs is 2. The highest BCUT2D eigenvalue weighted by Crippen LogP contribution is 2.39. The van der Waals surface area contributed by atoms with Gasteiger partial charge in [0.1, 0.15) is 9.71 Å². The molecule has 0 aliphatic heterocycles. The summed E-state index contributed by atoms with van der Waals surface area (Å²) in [7, 11) is 0. The Morgan fingerprint density at radius 1 is 1.52 bits per heavy atom. The number of aryl methyl sites for hydroxylation is 1. The highest BCUT2D eigenvalue weighted by molar-refractivity contribution is 7.21. The van der Waals surface area contributed by atoms with Crippen molar-refractivity contribution in [1.82, 2.24) is 4.98 Å². The van der Waals surface area contributed by atoms with E-state index in [-0.39, 0.29) is 5.97 Å². The van der Waals surface area contributed by atoms with Crippen LogP contribution in [-0.2, 0) is 17.6 Å². The van der Waals surface area contributed by atoms with Gasteiger partial charge in [-0.3, -0.25) is 0 Å². The molecule has 0 saturated carbocycles. The number of hydrogen-bond donors (Lipinski definition) is 1. The van der Waals surface area contributed by atoms with Gasteiger partial charge >= 0.3 is 5.97 Å². The van der Waals surface area contributed by atoms with Crippen LogP contribution in [0.3, 0.4) is 0 Å². The fraction of sp³-hybridized carbons (Fsp3) is 0.500. The predicted molar refractivity (Wildman–Crippen MR) is 85.8 cm³/mol. The van der Waals surface area contributed by atoms with Crippen molar-refractivity contribution in [3.05, 3.63) is 22.2 Å². The van der Waals surface area contributed by atoms with Crippen molar-refractivity contribution < 1.29 is 9.53 Å². The Bertz CT molecular complexity index is 719. The third-order valence-electron chi connectivity index (χ3n) is 4.06. The van der Waals surface area contributed by atoms with E-state index in [0.29, 0.717) is 22.6 Å². The van der Waals surface area contributed by atoms with Crippen LogP contribution in [0.15, 0.2) is 6.07 Å². The van der Waals surface area contributed by atoms with E-state index < -0.39 is 0 Å². The average molecular weight is 304 g/mol. The molecule has 21 heavy (non-hydrogen) atoms. The van der Waals surface area contributed by atoms with Crippen LogP contribution >= 0.6 is 11.3 Å². The zero-order chi connectivity index (χ0) is 15.2. The van der Waals surface area contributed by atoms with Crippen molar-refractivity contribution in [2.45, 2.75) is 40.0 Å². The number of pyridine rings is 1. The zero-order valence-electron chi connectivity index (χ0n) is 12.7. The number of hydrogen-bond acceptors (Lipinski definition) is 5. The molecule has 0 unspecified atom stereocenters. The minimum atomic E-state index is -0.351. The Balaban J connectivity index is 2.10. The number of rotatable bonds is 2. The fourth-order valence-corrected chi connectivity index (χ4v) is 3.89. The summed E-state index contributed by atoms with van der Waals surface area (Å²) < 4.78 is 5.06. The number of thiophene rings is 1. The number of esters is 1. The summed E-state index contributed by atoms with van der Waals surface area (Å²) >= 11 is 1.33. The molecular formula is C16H20N2O2S. The highest BCUT2D eigenvalue weighted by atomic mass is 32.1. The van der Waals surface area contributed by atoms with Crippen LogP contribution in [0.1, 0.15) is 48.1 Å². The van der Waals surface area contributed by atoms with Crippen LogP contribution in [0.25, 0.3) is 10.2 Å². The largest absolute Gasteiger partial charge is 0.462 e. The maximum Gasteiger partial charge on any atom is 0.350 e. The Hall–Kier alpha value is -1.62. The average Bonchev–Trinajstić information content (AvgIpc) is 2.73. The van der Waals surface area contributed by atoms with Gasteiger partial charge in [-0.1, -0.05) is 13.8 Å². The molecule has 0 aromatic carbocycles. The van der Waals surface area contributed by atoms with E-state index in [9.17, 15) is 4.79 Å². The summed E-state index contributed by atoms with van der Waals surface area (Å²) in [6, 6.07) is 2.12. The third-order valence-corrected chi connectivity index (χ3v) is 5.15. The molecule has 4 nitrogen and oxygen atoms in total. The molecule has 2 aromatic rings. The van der Waals surface area contributed by atoms with E-state index in [1.807, 2.05) is 0 Å². The Morgan fingerprint density at radius 2 is 2.29 bits per heavy atom. The zero-order valence-corrected chi connectivity index (χ0v) is 13.5. The van der Waals surface area contributed by atoms with Gasteiger partial charge in [-0.15, -0.1) is 11.3 Å². The fourth-order valence-electron chi connectivity index (χ4n) is 2.90. The molecular weight excluding hydrogens is 284 g/mol. The molecule has 0 spiro atoms. The molecule has 1 aliphatic carbocycles. The van der Waals surface area contributed by atoms with Crippen LogP contribution in [-0.4, -0.2) is 17.6 Å². The van der Waals surface area contributed by atoms with E-state index in [1.54, 1.807) is 6.92 Å². The molecule has 3 rings (SSSR count). The number of carbonyl (C=O) groups excluding carboxylic acids is 1. The van der Waals surface area contributed by atoms with Crippen molar-refractivity contribution >= 4 is 33.2 Å². The Labute approximate surface area is 128 Å². The van der Waals surface area contributed by atoms with Crippen LogP contribution < -0.4 is 5.73 Å². The molecule has 0 bridgehead atoms. The van der Waals surface area contributed by atoms with Gasteiger partial charge in [-0.05, 0) is 43.2 Å². The molecule has 0 amide bonds. The van der Waals surface area contributed by atoms with Crippen LogP contribution in [0.2, 0.25) is 0 Å². The summed E-state index contributed by atoms with van der Waals surface area (Å²) in [5.41, 5.74) is 9.36. The standard InChI is InChI=1S/C16H20N2O2S/c1-4-20-15(19)13-12(17)10-7-9-8-16(2,3)6-5-11(9)18-14(10)21-13/h7H,4-6,8,17H2,1-3H3. The minimum absolute atomic E-state index is 0.303. The van der Waals surface area contributed by atoms with Gasteiger partial charge in [0.2, 0.25) is 0 Å². The van der Waals surface area contributed by atoms with E-state index in [2.05, 4.69) is 19.9 Å². The summed E-state index contributed by atoms with van der Waals surface area (Å²) in [5, 5.41) is 0.888. The van der Waals surface area contributed by atoms with Gasteiger partial charge in [0.05, 0.1) is 12.3 Å². The van der Waals surface area contributed by atoms with Crippen molar-refractivity contribution in [2.24, 2.45) is 5.41 Å². The molecule has 0 atom stereocenters. The first-order valence-electron chi connectivity index (χ1n) is 7.29. The first-order valence-corrected chi connectivity index (χ1v) is 8.11. The lowest BCUT2D eigenvalue weighted by Crippen LogP contribution is -2.22. The highest BCUT2D eigenvalue weighted by Gasteiger charge is 2.28. The van der Waals surface area contributed by atoms with E-state index in [4.69, 9.17) is 15.5 Å². The van der Waals surface area contributed by atoms with Gasteiger partial charge in [-0.25, -0.2) is 9.78 Å². The van der Waals surface area contributed by atoms with Crippen molar-refractivity contribution in [1.29, 1.82) is 0 Å². The molecule has 0 fully saturated rings. The third kappa shape index (κ3) is 2.50. The number of anilines is 1. The Kier molecular flexibility index (Phi) is 3.40. The van der Waals surface area contributed by atoms with Gasteiger partial charge in [0, 0.05) is 11.1 Å². The topological polar surface area (TPSA) is 65.2 Å². The molecule has 2 heterocycles. The molecule has 2 N–H and O–H groups in total. The van der Waals surface area contributed by atoms with Crippen LogP contribution in [0.5, 0.6) is 0 Å². The number of nitrogen functional groups attached to an aromatic ring is 1. The molecule has 0 radical (unpaired) electrons. The van der Waals surface area contributed by atoms with Crippen molar-refractivity contribution in [2.75, 3.05) is 12.3 Å². The first kappa shape index (κ1) is 14.3. The van der Waals surface area contributed by atoms with Gasteiger partial charge in [-0.2, -0.15) is 0 Å². The number of carbonyl (C=O) groups is 1. The maximum atomic E-state index is 11.9. The van der Waals surface area contributed by atoms with Crippen LogP contribution in [0, 0.1) is 5.41 Å². The maximum absolute atomic E-state index is 11.9. The van der Waals surface area contributed by atoms with Gasteiger partial charge < -0.3 is 10.5 Å². The smallest absolute Gasteiger partial charge is 0.350 e. The number of nitrogens with zero attached hydrogens (tertiary/aromatic N) is 1. The number of aromatic nitrogens is 1. The second kappa shape index (κ2) is 4.98. The van der Waals surface area contributed by atoms with Gasteiger partial charge in [0.25, 0.3) is 0 Å². The normalized spacial score (nSPS) is 16.7. The quantitative estimate of drug-likeness (QED) is 0.861. The van der Waals surface area contributed by atoms with E-state index in [1.165, 1.54) is 16.9 Å². The summed E-state index contributed by atoms with van der Waals surface area (Å²) in [6.45, 7) is 6.70. The molecule has 112 valence electrons. The summed E-state index contributed by atoms with van der Waals surface area (Å²) in [4.78, 5) is 18.0. The predicted octanol–water partition coefficient (Wildman–Crippen LogP) is 3.57. The molecule has 5 heteroatoms. The summed E-state index contributed by atoms with van der Waals surface area (Å²) in [5.74, 6) is -0.351. The molecule has 2 aromatic heterocycles. The van der Waals surface area contributed by atoms with Crippen molar-refractivity contribution in [3.8, 4) is 0 Å². The van der Waals surface area contributed by atoms with Crippen molar-refractivity contribution in [3.63, 3.8) is 0 Å². The summed E-state index contributed by atoms with van der Waals surface area (Å²) in [6.07, 6.45) is 3.14. The minimum Gasteiger partial charge on any atom is -0.462 e. The number of ether oxygens (including phenoxy) is 1. The first-order chi connectivity index (χ1) is 9.91. The van der Waals surface area contributed by atoms with E-state index in [0.717, 1.165) is 35.2 Å².